The average molecular weight is 129 g/mol. The molecule has 0 aromatic carbocycles. The Morgan fingerprint density at radius 1 is 1.43 bits per heavy atom. The first-order chi connectivity index (χ1) is 3.06. The summed E-state index contributed by atoms with van der Waals surface area (Å²) in [6, 6.07) is 0. The molecule has 0 rings (SSSR count). The molecule has 0 aromatic rings. The molecule has 0 saturated heterocycles. The van der Waals surface area contributed by atoms with Crippen molar-refractivity contribution >= 4 is 10.4 Å². The number of hydrogen-bond acceptors (Lipinski definition) is 1. The summed E-state index contributed by atoms with van der Waals surface area (Å²) < 4.78 is 33.0. The molecule has 5 heteroatoms. The van der Waals surface area contributed by atoms with Crippen LogP contribution in [0, 0.1) is 0 Å². The van der Waals surface area contributed by atoms with Crippen LogP contribution in [-0.2, 0) is 0 Å². The molecule has 0 amide bonds. The molecule has 0 aromatic heterocycles. The van der Waals surface area contributed by atoms with E-state index in [0.29, 0.717) is 10.4 Å². The summed E-state index contributed by atoms with van der Waals surface area (Å²) in [6.45, 7) is -0.848. The minimum atomic E-state index is -4.03. The van der Waals surface area contributed by atoms with Gasteiger partial charge in [0.2, 0.25) is 0 Å². The van der Waals surface area contributed by atoms with Crippen LogP contribution in [0.25, 0.3) is 0 Å². The number of halogens is 3. The lowest BCUT2D eigenvalue weighted by Gasteiger charge is -2.01. The van der Waals surface area contributed by atoms with Crippen LogP contribution in [0.3, 0.4) is 0 Å². The lowest BCUT2D eigenvalue weighted by molar-refractivity contribution is -0.121. The van der Waals surface area contributed by atoms with Crippen molar-refractivity contribution in [2.24, 2.45) is 0 Å². The Morgan fingerprint density at radius 3 is 1.86 bits per heavy atom. The SMILES string of the molecule is FC(F)(F)CN[SiH3]. The van der Waals surface area contributed by atoms with E-state index in [1.54, 1.807) is 0 Å². The van der Waals surface area contributed by atoms with E-state index in [9.17, 15) is 13.2 Å². The predicted octanol–water partition coefficient (Wildman–Crippen LogP) is -0.581. The quantitative estimate of drug-likeness (QED) is 0.467. The van der Waals surface area contributed by atoms with Gasteiger partial charge in [-0.05, 0) is 0 Å². The Kier molecular flexibility index (Phi) is 2.31. The van der Waals surface area contributed by atoms with Gasteiger partial charge in [-0.15, -0.1) is 0 Å². The Hall–Kier alpha value is -0.0331. The van der Waals surface area contributed by atoms with E-state index in [1.807, 2.05) is 0 Å². The topological polar surface area (TPSA) is 12.0 Å². The molecule has 1 N–H and O–H groups in total. The highest BCUT2D eigenvalue weighted by Gasteiger charge is 2.24. The van der Waals surface area contributed by atoms with E-state index in [1.165, 1.54) is 0 Å². The molecule has 0 aliphatic carbocycles. The van der Waals surface area contributed by atoms with Crippen LogP contribution in [0.1, 0.15) is 0 Å². The Balaban J connectivity index is 3.15. The molecule has 0 bridgehead atoms. The Labute approximate surface area is 42.4 Å². The first-order valence-electron chi connectivity index (χ1n) is 1.77. The molecule has 0 fully saturated rings. The van der Waals surface area contributed by atoms with Gasteiger partial charge in [0.1, 0.15) is 0 Å². The lowest BCUT2D eigenvalue weighted by Crippen LogP contribution is -2.26. The molecule has 0 spiro atoms. The molecule has 0 radical (unpaired) electrons. The number of nitrogens with one attached hydrogen (secondary N) is 1. The van der Waals surface area contributed by atoms with E-state index in [4.69, 9.17) is 0 Å². The molecular weight excluding hydrogens is 123 g/mol. The van der Waals surface area contributed by atoms with Crippen LogP contribution in [0.4, 0.5) is 13.2 Å². The third-order valence-electron chi connectivity index (χ3n) is 0.377. The van der Waals surface area contributed by atoms with Crippen LogP contribution in [-0.4, -0.2) is 23.1 Å². The zero-order valence-electron chi connectivity index (χ0n) is 3.84. The maximum atomic E-state index is 11.0. The molecular formula is C2H6F3NSi. The van der Waals surface area contributed by atoms with Gasteiger partial charge in [-0.2, -0.15) is 13.2 Å². The molecule has 44 valence electrons. The van der Waals surface area contributed by atoms with Gasteiger partial charge in [-0.1, -0.05) is 0 Å². The fourth-order valence-electron chi connectivity index (χ4n) is 0.200. The molecule has 0 aliphatic rings. The van der Waals surface area contributed by atoms with Crippen molar-refractivity contribution in [3.8, 4) is 0 Å². The summed E-state index contributed by atoms with van der Waals surface area (Å²) in [5.74, 6) is 0. The van der Waals surface area contributed by atoms with Crippen LogP contribution in [0.15, 0.2) is 0 Å². The molecule has 1 nitrogen and oxygen atoms in total. The highest BCUT2D eigenvalue weighted by Crippen LogP contribution is 2.11. The van der Waals surface area contributed by atoms with E-state index in [-0.39, 0.29) is 0 Å². The van der Waals surface area contributed by atoms with Gasteiger partial charge in [0.25, 0.3) is 0 Å². The van der Waals surface area contributed by atoms with Crippen LogP contribution in [0.5, 0.6) is 0 Å². The monoisotopic (exact) mass is 129 g/mol. The van der Waals surface area contributed by atoms with Crippen molar-refractivity contribution in [2.45, 2.75) is 6.18 Å². The molecule has 0 heterocycles. The predicted molar refractivity (Wildman–Crippen MR) is 24.0 cm³/mol. The molecule has 0 aliphatic heterocycles. The summed E-state index contributed by atoms with van der Waals surface area (Å²) in [5, 5.41) is 0. The zero-order valence-corrected chi connectivity index (χ0v) is 5.84. The fourth-order valence-corrected chi connectivity index (χ4v) is 0.601. The van der Waals surface area contributed by atoms with Gasteiger partial charge in [0.15, 0.2) is 0 Å². The Morgan fingerprint density at radius 2 is 1.86 bits per heavy atom. The highest BCUT2D eigenvalue weighted by molar-refractivity contribution is 6.04. The summed E-state index contributed by atoms with van der Waals surface area (Å²) in [6.07, 6.45) is -4.03. The third kappa shape index (κ3) is 5.97. The largest absolute Gasteiger partial charge is 0.400 e. The second kappa shape index (κ2) is 2.32. The highest BCUT2D eigenvalue weighted by atomic mass is 28.2. The molecule has 7 heavy (non-hydrogen) atoms. The van der Waals surface area contributed by atoms with Gasteiger partial charge in [-0.3, -0.25) is 0 Å². The van der Waals surface area contributed by atoms with Crippen molar-refractivity contribution in [2.75, 3.05) is 6.54 Å². The minimum Gasteiger partial charge on any atom is -0.338 e. The van der Waals surface area contributed by atoms with Crippen molar-refractivity contribution in [3.63, 3.8) is 0 Å². The summed E-state index contributed by atoms with van der Waals surface area (Å²) >= 11 is 0. The third-order valence-corrected chi connectivity index (χ3v) is 0.731. The van der Waals surface area contributed by atoms with Crippen molar-refractivity contribution in [1.29, 1.82) is 0 Å². The second-order valence-corrected chi connectivity index (χ2v) is 1.85. The lowest BCUT2D eigenvalue weighted by atomic mass is 10.7. The first-order valence-corrected chi connectivity index (χ1v) is 2.77. The van der Waals surface area contributed by atoms with Crippen LogP contribution >= 0.6 is 0 Å². The smallest absolute Gasteiger partial charge is 0.338 e. The van der Waals surface area contributed by atoms with Crippen LogP contribution < -0.4 is 4.98 Å². The van der Waals surface area contributed by atoms with E-state index >= 15 is 0 Å². The van der Waals surface area contributed by atoms with Gasteiger partial charge in [-0.25, -0.2) is 0 Å². The standard InChI is InChI=1S/C2H6F3NSi/c3-2(4,5)1-6-7/h6H,1H2,7H3. The summed E-state index contributed by atoms with van der Waals surface area (Å²) in [7, 11) is 0.400. The fraction of sp³-hybridized carbons (Fsp3) is 1.00. The molecule has 0 atom stereocenters. The number of alkyl halides is 3. The minimum absolute atomic E-state index is 0.400. The van der Waals surface area contributed by atoms with Crippen molar-refractivity contribution in [3.05, 3.63) is 0 Å². The van der Waals surface area contributed by atoms with Gasteiger partial charge in [0.05, 0.1) is 16.9 Å². The summed E-state index contributed by atoms with van der Waals surface area (Å²) in [5.41, 5.74) is 0. The average Bonchev–Trinajstić information content (AvgIpc) is 1.30. The van der Waals surface area contributed by atoms with E-state index in [0.717, 1.165) is 0 Å². The van der Waals surface area contributed by atoms with E-state index in [2.05, 4.69) is 4.98 Å². The van der Waals surface area contributed by atoms with Gasteiger partial charge >= 0.3 is 6.18 Å². The maximum absolute atomic E-state index is 11.0. The number of rotatable bonds is 1. The zero-order chi connectivity index (χ0) is 5.91. The Bertz CT molecular complexity index is 51.4. The van der Waals surface area contributed by atoms with Crippen molar-refractivity contribution < 1.29 is 13.2 Å². The normalized spacial score (nSPS) is 12.4. The maximum Gasteiger partial charge on any atom is 0.400 e. The van der Waals surface area contributed by atoms with Gasteiger partial charge in [0, 0.05) is 0 Å². The molecule has 0 unspecified atom stereocenters. The molecule has 0 saturated carbocycles. The van der Waals surface area contributed by atoms with Crippen molar-refractivity contribution in [1.82, 2.24) is 4.98 Å². The second-order valence-electron chi connectivity index (χ2n) is 1.15. The first kappa shape index (κ1) is 6.97. The van der Waals surface area contributed by atoms with E-state index < -0.39 is 12.7 Å². The number of hydrogen-bond donors (Lipinski definition) is 1. The van der Waals surface area contributed by atoms with Gasteiger partial charge < -0.3 is 4.98 Å². The van der Waals surface area contributed by atoms with Crippen LogP contribution in [0.2, 0.25) is 0 Å². The summed E-state index contributed by atoms with van der Waals surface area (Å²) in [4.78, 5) is 2.12.